The van der Waals surface area contributed by atoms with Crippen LogP contribution in [0.5, 0.6) is 0 Å². The number of rotatable bonds is 3. The van der Waals surface area contributed by atoms with Crippen LogP contribution in [0, 0.1) is 0 Å². The number of hydrogen-bond donors (Lipinski definition) is 1. The lowest BCUT2D eigenvalue weighted by Gasteiger charge is -2.29. The molecule has 0 saturated carbocycles. The summed E-state index contributed by atoms with van der Waals surface area (Å²) in [6.07, 6.45) is 1.16. The van der Waals surface area contributed by atoms with Gasteiger partial charge in [-0.3, -0.25) is 0 Å². The van der Waals surface area contributed by atoms with Crippen molar-refractivity contribution in [2.45, 2.75) is 19.6 Å². The Morgan fingerprint density at radius 3 is 2.07 bits per heavy atom. The van der Waals surface area contributed by atoms with Crippen molar-refractivity contribution in [1.29, 1.82) is 0 Å². The summed E-state index contributed by atoms with van der Waals surface area (Å²) in [5.74, 6) is -2.94. The SMILES string of the molecule is Cn1c(=O)n(-c2cccc(NC=C3C(=O)OC(C)(C)OC3=O)c2)c(=O)n1C. The number of carbonyl (C=O) groups is 2. The molecule has 1 N–H and O–H groups in total. The standard InChI is InChI=1S/C17H18N4O6/c1-17(2)26-13(22)12(14(23)27-17)9-18-10-6-5-7-11(8-10)21-15(24)19(3)20(4)16(21)25/h5-9,18H,1-4H3. The van der Waals surface area contributed by atoms with Gasteiger partial charge in [0.05, 0.1) is 5.69 Å². The lowest BCUT2D eigenvalue weighted by atomic mass is 10.2. The molecule has 0 aliphatic carbocycles. The van der Waals surface area contributed by atoms with E-state index in [9.17, 15) is 19.2 Å². The summed E-state index contributed by atoms with van der Waals surface area (Å²) >= 11 is 0. The Hall–Kier alpha value is -3.56. The van der Waals surface area contributed by atoms with Crippen LogP contribution in [-0.2, 0) is 33.2 Å². The van der Waals surface area contributed by atoms with Gasteiger partial charge in [-0.05, 0) is 18.2 Å². The summed E-state index contributed by atoms with van der Waals surface area (Å²) in [5, 5.41) is 2.78. The number of benzene rings is 1. The number of hydrogen-bond acceptors (Lipinski definition) is 7. The molecule has 0 atom stereocenters. The van der Waals surface area contributed by atoms with E-state index in [2.05, 4.69) is 5.32 Å². The molecule has 2 aromatic rings. The number of nitrogens with zero attached hydrogens (tertiary/aromatic N) is 3. The van der Waals surface area contributed by atoms with Crippen LogP contribution in [0.2, 0.25) is 0 Å². The smallest absolute Gasteiger partial charge is 0.351 e. The first kappa shape index (κ1) is 18.2. The maximum absolute atomic E-state index is 12.2. The normalized spacial score (nSPS) is 15.9. The highest BCUT2D eigenvalue weighted by molar-refractivity contribution is 6.15. The third kappa shape index (κ3) is 3.28. The lowest BCUT2D eigenvalue weighted by molar-refractivity contribution is -0.222. The molecule has 3 rings (SSSR count). The first-order chi connectivity index (χ1) is 12.6. The molecule has 1 aliphatic heterocycles. The Morgan fingerprint density at radius 1 is 0.963 bits per heavy atom. The summed E-state index contributed by atoms with van der Waals surface area (Å²) in [6, 6.07) is 6.38. The van der Waals surface area contributed by atoms with E-state index in [-0.39, 0.29) is 5.57 Å². The van der Waals surface area contributed by atoms with Gasteiger partial charge in [-0.15, -0.1) is 0 Å². The van der Waals surface area contributed by atoms with Crippen molar-refractivity contribution >= 4 is 17.6 Å². The molecular weight excluding hydrogens is 356 g/mol. The fraction of sp³-hybridized carbons (Fsp3) is 0.294. The number of anilines is 1. The van der Waals surface area contributed by atoms with E-state index in [4.69, 9.17) is 9.47 Å². The Bertz CT molecular complexity index is 1030. The molecular formula is C17H18N4O6. The topological polar surface area (TPSA) is 114 Å². The first-order valence-corrected chi connectivity index (χ1v) is 7.99. The zero-order valence-electron chi connectivity index (χ0n) is 15.2. The van der Waals surface area contributed by atoms with E-state index < -0.39 is 29.1 Å². The molecule has 1 fully saturated rings. The average molecular weight is 374 g/mol. The van der Waals surface area contributed by atoms with E-state index in [0.29, 0.717) is 11.4 Å². The van der Waals surface area contributed by atoms with Crippen LogP contribution in [0.25, 0.3) is 5.69 Å². The first-order valence-electron chi connectivity index (χ1n) is 7.99. The van der Waals surface area contributed by atoms with E-state index in [1.54, 1.807) is 18.2 Å². The molecule has 10 heteroatoms. The quantitative estimate of drug-likeness (QED) is 0.457. The number of nitrogens with one attached hydrogen (secondary N) is 1. The summed E-state index contributed by atoms with van der Waals surface area (Å²) in [6.45, 7) is 2.91. The number of carbonyl (C=O) groups excluding carboxylic acids is 2. The molecule has 0 bridgehead atoms. The van der Waals surface area contributed by atoms with Crippen molar-refractivity contribution in [1.82, 2.24) is 13.9 Å². The van der Waals surface area contributed by atoms with E-state index in [1.165, 1.54) is 43.4 Å². The van der Waals surface area contributed by atoms with Gasteiger partial charge >= 0.3 is 23.3 Å². The second-order valence-electron chi connectivity index (χ2n) is 6.38. The monoisotopic (exact) mass is 374 g/mol. The summed E-state index contributed by atoms with van der Waals surface area (Å²) in [4.78, 5) is 48.3. The Labute approximate surface area is 153 Å². The minimum absolute atomic E-state index is 0.299. The van der Waals surface area contributed by atoms with Crippen molar-refractivity contribution in [2.75, 3.05) is 5.32 Å². The summed E-state index contributed by atoms with van der Waals surface area (Å²) in [5.41, 5.74) is -0.519. The molecule has 0 amide bonds. The van der Waals surface area contributed by atoms with Crippen LogP contribution < -0.4 is 16.7 Å². The maximum Gasteiger partial charge on any atom is 0.351 e. The molecule has 10 nitrogen and oxygen atoms in total. The molecule has 1 aliphatic rings. The highest BCUT2D eigenvalue weighted by atomic mass is 16.7. The fourth-order valence-corrected chi connectivity index (χ4v) is 2.52. The lowest BCUT2D eigenvalue weighted by Crippen LogP contribution is -2.42. The van der Waals surface area contributed by atoms with Gasteiger partial charge in [0.1, 0.15) is 0 Å². The van der Waals surface area contributed by atoms with Gasteiger partial charge in [0.25, 0.3) is 5.79 Å². The second kappa shape index (κ2) is 6.31. The number of aromatic nitrogens is 3. The van der Waals surface area contributed by atoms with Gasteiger partial charge in [-0.1, -0.05) is 6.07 Å². The minimum atomic E-state index is -1.32. The van der Waals surface area contributed by atoms with Crippen LogP contribution in [0.1, 0.15) is 13.8 Å². The zero-order valence-corrected chi connectivity index (χ0v) is 15.2. The summed E-state index contributed by atoms with van der Waals surface area (Å²) in [7, 11) is 2.96. The minimum Gasteiger partial charge on any atom is -0.419 e. The summed E-state index contributed by atoms with van der Waals surface area (Å²) < 4.78 is 13.4. The van der Waals surface area contributed by atoms with Gasteiger partial charge < -0.3 is 14.8 Å². The van der Waals surface area contributed by atoms with Crippen LogP contribution >= 0.6 is 0 Å². The van der Waals surface area contributed by atoms with Crippen LogP contribution in [-0.4, -0.2) is 31.7 Å². The largest absolute Gasteiger partial charge is 0.419 e. The molecule has 1 aromatic heterocycles. The second-order valence-corrected chi connectivity index (χ2v) is 6.38. The molecule has 27 heavy (non-hydrogen) atoms. The van der Waals surface area contributed by atoms with Crippen LogP contribution in [0.4, 0.5) is 5.69 Å². The van der Waals surface area contributed by atoms with Gasteiger partial charge in [0.2, 0.25) is 0 Å². The van der Waals surface area contributed by atoms with Gasteiger partial charge in [-0.25, -0.2) is 33.1 Å². The zero-order chi connectivity index (χ0) is 19.9. The highest BCUT2D eigenvalue weighted by Crippen LogP contribution is 2.23. The van der Waals surface area contributed by atoms with E-state index >= 15 is 0 Å². The van der Waals surface area contributed by atoms with Crippen LogP contribution in [0.3, 0.4) is 0 Å². The number of ether oxygens (including phenoxy) is 2. The predicted molar refractivity (Wildman–Crippen MR) is 94.2 cm³/mol. The van der Waals surface area contributed by atoms with Gasteiger partial charge in [-0.2, -0.15) is 0 Å². The molecule has 0 radical (unpaired) electrons. The van der Waals surface area contributed by atoms with Crippen LogP contribution in [0.15, 0.2) is 45.6 Å². The molecule has 142 valence electrons. The van der Waals surface area contributed by atoms with E-state index in [1.807, 2.05) is 0 Å². The predicted octanol–water partition coefficient (Wildman–Crippen LogP) is 0.00660. The van der Waals surface area contributed by atoms with Gasteiger partial charge in [0.15, 0.2) is 5.57 Å². The van der Waals surface area contributed by atoms with Crippen molar-refractivity contribution in [2.24, 2.45) is 14.1 Å². The number of esters is 2. The molecule has 0 spiro atoms. The van der Waals surface area contributed by atoms with Crippen molar-refractivity contribution in [3.8, 4) is 5.69 Å². The third-order valence-electron chi connectivity index (χ3n) is 3.99. The van der Waals surface area contributed by atoms with Crippen molar-refractivity contribution < 1.29 is 19.1 Å². The fourth-order valence-electron chi connectivity index (χ4n) is 2.52. The van der Waals surface area contributed by atoms with Crippen molar-refractivity contribution in [3.63, 3.8) is 0 Å². The Balaban J connectivity index is 1.91. The molecule has 0 unspecified atom stereocenters. The van der Waals surface area contributed by atoms with Crippen molar-refractivity contribution in [3.05, 3.63) is 57.0 Å². The highest BCUT2D eigenvalue weighted by Gasteiger charge is 2.38. The molecule has 1 saturated heterocycles. The third-order valence-corrected chi connectivity index (χ3v) is 3.99. The number of cyclic esters (lactones) is 2. The molecule has 1 aromatic carbocycles. The van der Waals surface area contributed by atoms with Gasteiger partial charge in [0, 0.05) is 39.8 Å². The Kier molecular flexibility index (Phi) is 4.26. The molecule has 2 heterocycles. The van der Waals surface area contributed by atoms with E-state index in [0.717, 1.165) is 10.8 Å². The maximum atomic E-state index is 12.2. The average Bonchev–Trinajstić information content (AvgIpc) is 2.77. The Morgan fingerprint density at radius 2 is 1.52 bits per heavy atom.